The van der Waals surface area contributed by atoms with Crippen LogP contribution in [0.4, 0.5) is 0 Å². The number of ether oxygens (including phenoxy) is 2. The van der Waals surface area contributed by atoms with Crippen molar-refractivity contribution in [1.29, 1.82) is 0 Å². The first-order valence-electron chi connectivity index (χ1n) is 7.82. The van der Waals surface area contributed by atoms with Gasteiger partial charge in [0.05, 0.1) is 0 Å². The molecule has 0 spiro atoms. The summed E-state index contributed by atoms with van der Waals surface area (Å²) in [6.07, 6.45) is 7.05. The van der Waals surface area contributed by atoms with Crippen LogP contribution in [0.2, 0.25) is 0 Å². The van der Waals surface area contributed by atoms with Crippen molar-refractivity contribution in [2.24, 2.45) is 0 Å². The smallest absolute Gasteiger partial charge is 0.342 e. The molecule has 1 aromatic carbocycles. The summed E-state index contributed by atoms with van der Waals surface area (Å²) in [6.45, 7) is 9.35. The molecule has 0 radical (unpaired) electrons. The van der Waals surface area contributed by atoms with Crippen LogP contribution in [0.25, 0.3) is 0 Å². The summed E-state index contributed by atoms with van der Waals surface area (Å²) in [4.78, 5) is 12.3. The molecule has 0 aliphatic carbocycles. The first-order chi connectivity index (χ1) is 11.2. The maximum absolute atomic E-state index is 12.3. The number of esters is 1. The van der Waals surface area contributed by atoms with Crippen LogP contribution in [0.15, 0.2) is 61.2 Å². The van der Waals surface area contributed by atoms with Gasteiger partial charge in [-0.2, -0.15) is 0 Å². The van der Waals surface area contributed by atoms with E-state index in [0.29, 0.717) is 11.3 Å². The van der Waals surface area contributed by atoms with Gasteiger partial charge in [0.2, 0.25) is 0 Å². The molecule has 1 heterocycles. The SMILES string of the molecule is C=C/C=C(\C=C)COC(=O)c1ccccc1OC1CCNCC1. The Morgan fingerprint density at radius 2 is 2.00 bits per heavy atom. The number of para-hydroxylation sites is 1. The summed E-state index contributed by atoms with van der Waals surface area (Å²) >= 11 is 0. The Kier molecular flexibility index (Phi) is 6.63. The van der Waals surface area contributed by atoms with Gasteiger partial charge in [-0.15, -0.1) is 0 Å². The van der Waals surface area contributed by atoms with Gasteiger partial charge in [-0.1, -0.05) is 43.5 Å². The lowest BCUT2D eigenvalue weighted by Crippen LogP contribution is -2.34. The largest absolute Gasteiger partial charge is 0.489 e. The summed E-state index contributed by atoms with van der Waals surface area (Å²) in [5, 5.41) is 3.29. The topological polar surface area (TPSA) is 47.6 Å². The van der Waals surface area contributed by atoms with Crippen LogP contribution in [-0.4, -0.2) is 31.8 Å². The van der Waals surface area contributed by atoms with Crippen molar-refractivity contribution in [2.75, 3.05) is 19.7 Å². The minimum Gasteiger partial charge on any atom is -0.489 e. The summed E-state index contributed by atoms with van der Waals surface area (Å²) in [7, 11) is 0. The van der Waals surface area contributed by atoms with Gasteiger partial charge in [0, 0.05) is 0 Å². The number of piperidine rings is 1. The third-order valence-electron chi connectivity index (χ3n) is 3.65. The predicted molar refractivity (Wildman–Crippen MR) is 91.7 cm³/mol. The van der Waals surface area contributed by atoms with E-state index in [4.69, 9.17) is 9.47 Å². The molecular weight excluding hydrogens is 290 g/mol. The Balaban J connectivity index is 2.03. The van der Waals surface area contributed by atoms with E-state index in [0.717, 1.165) is 31.5 Å². The number of rotatable bonds is 7. The zero-order valence-electron chi connectivity index (χ0n) is 13.3. The van der Waals surface area contributed by atoms with E-state index in [9.17, 15) is 4.79 Å². The molecule has 0 saturated carbocycles. The number of benzene rings is 1. The normalized spacial score (nSPS) is 15.7. The molecule has 0 aromatic heterocycles. The molecule has 0 amide bonds. The highest BCUT2D eigenvalue weighted by Crippen LogP contribution is 2.23. The van der Waals surface area contributed by atoms with Crippen molar-refractivity contribution in [3.8, 4) is 5.75 Å². The van der Waals surface area contributed by atoms with Gasteiger partial charge >= 0.3 is 5.97 Å². The Morgan fingerprint density at radius 1 is 1.26 bits per heavy atom. The van der Waals surface area contributed by atoms with Crippen LogP contribution in [0.3, 0.4) is 0 Å². The van der Waals surface area contributed by atoms with Crippen LogP contribution in [0, 0.1) is 0 Å². The van der Waals surface area contributed by atoms with Crippen molar-refractivity contribution < 1.29 is 14.3 Å². The molecule has 1 aromatic rings. The van der Waals surface area contributed by atoms with Crippen LogP contribution in [0.5, 0.6) is 5.75 Å². The zero-order chi connectivity index (χ0) is 16.5. The Bertz CT molecular complexity index is 586. The fourth-order valence-corrected chi connectivity index (χ4v) is 2.38. The van der Waals surface area contributed by atoms with Gasteiger partial charge in [-0.25, -0.2) is 4.79 Å². The van der Waals surface area contributed by atoms with Crippen molar-refractivity contribution in [1.82, 2.24) is 5.32 Å². The van der Waals surface area contributed by atoms with E-state index in [-0.39, 0.29) is 12.7 Å². The lowest BCUT2D eigenvalue weighted by atomic mass is 10.1. The number of hydrogen-bond acceptors (Lipinski definition) is 4. The highest BCUT2D eigenvalue weighted by molar-refractivity contribution is 5.92. The highest BCUT2D eigenvalue weighted by Gasteiger charge is 2.19. The van der Waals surface area contributed by atoms with Crippen LogP contribution in [0.1, 0.15) is 23.2 Å². The first-order valence-corrected chi connectivity index (χ1v) is 7.82. The second-order valence-corrected chi connectivity index (χ2v) is 5.32. The molecule has 4 nitrogen and oxygen atoms in total. The highest BCUT2D eigenvalue weighted by atomic mass is 16.5. The summed E-state index contributed by atoms with van der Waals surface area (Å²) in [5.41, 5.74) is 1.25. The molecule has 1 saturated heterocycles. The Hall–Kier alpha value is -2.33. The average Bonchev–Trinajstić information content (AvgIpc) is 2.59. The summed E-state index contributed by atoms with van der Waals surface area (Å²) in [5.74, 6) is 0.184. The molecule has 2 rings (SSSR count). The molecule has 23 heavy (non-hydrogen) atoms. The van der Waals surface area contributed by atoms with Gasteiger partial charge in [0.15, 0.2) is 0 Å². The number of allylic oxidation sites excluding steroid dienone is 2. The molecule has 0 unspecified atom stereocenters. The van der Waals surface area contributed by atoms with E-state index < -0.39 is 5.97 Å². The molecule has 1 aliphatic heterocycles. The fourth-order valence-electron chi connectivity index (χ4n) is 2.38. The molecule has 1 aliphatic rings. The fraction of sp³-hybridized carbons (Fsp3) is 0.316. The van der Waals surface area contributed by atoms with Gasteiger partial charge in [-0.3, -0.25) is 0 Å². The molecule has 1 fully saturated rings. The maximum Gasteiger partial charge on any atom is 0.342 e. The van der Waals surface area contributed by atoms with Crippen LogP contribution < -0.4 is 10.1 Å². The van der Waals surface area contributed by atoms with Crippen molar-refractivity contribution in [3.63, 3.8) is 0 Å². The average molecular weight is 313 g/mol. The van der Waals surface area contributed by atoms with Crippen LogP contribution >= 0.6 is 0 Å². The number of hydrogen-bond donors (Lipinski definition) is 1. The maximum atomic E-state index is 12.3. The third kappa shape index (κ3) is 5.11. The Morgan fingerprint density at radius 3 is 2.70 bits per heavy atom. The van der Waals surface area contributed by atoms with E-state index >= 15 is 0 Å². The van der Waals surface area contributed by atoms with Crippen molar-refractivity contribution in [3.05, 3.63) is 66.8 Å². The van der Waals surface area contributed by atoms with E-state index in [2.05, 4.69) is 18.5 Å². The number of carbonyl (C=O) groups is 1. The minimum absolute atomic E-state index is 0.134. The minimum atomic E-state index is -0.397. The first kappa shape index (κ1) is 17.0. The van der Waals surface area contributed by atoms with Gasteiger partial charge in [0.25, 0.3) is 0 Å². The molecule has 0 atom stereocenters. The monoisotopic (exact) mass is 313 g/mol. The summed E-state index contributed by atoms with van der Waals surface area (Å²) in [6, 6.07) is 7.20. The lowest BCUT2D eigenvalue weighted by Gasteiger charge is -2.24. The zero-order valence-corrected chi connectivity index (χ0v) is 13.3. The van der Waals surface area contributed by atoms with Gasteiger partial charge in [-0.05, 0) is 43.6 Å². The van der Waals surface area contributed by atoms with Gasteiger partial charge in [0.1, 0.15) is 24.0 Å². The molecule has 4 heteroatoms. The van der Waals surface area contributed by atoms with E-state index in [1.807, 2.05) is 12.1 Å². The van der Waals surface area contributed by atoms with Crippen LogP contribution in [-0.2, 0) is 4.74 Å². The number of carbonyl (C=O) groups excluding carboxylic acids is 1. The summed E-state index contributed by atoms with van der Waals surface area (Å²) < 4.78 is 11.3. The second kappa shape index (κ2) is 8.96. The van der Waals surface area contributed by atoms with Gasteiger partial charge < -0.3 is 14.8 Å². The Labute approximate surface area is 137 Å². The standard InChI is InChI=1S/C19H23NO3/c1-3-7-15(4-2)14-22-19(21)17-8-5-6-9-18(17)23-16-10-12-20-13-11-16/h3-9,16,20H,1-2,10-14H2/b15-7+. The molecule has 1 N–H and O–H groups in total. The van der Waals surface area contributed by atoms with Crippen molar-refractivity contribution in [2.45, 2.75) is 18.9 Å². The van der Waals surface area contributed by atoms with E-state index in [1.54, 1.807) is 30.4 Å². The molecular formula is C19H23NO3. The number of nitrogens with one attached hydrogen (secondary N) is 1. The molecule has 0 bridgehead atoms. The third-order valence-corrected chi connectivity index (χ3v) is 3.65. The van der Waals surface area contributed by atoms with E-state index in [1.165, 1.54) is 0 Å². The molecule has 122 valence electrons. The lowest BCUT2D eigenvalue weighted by molar-refractivity contribution is 0.0533. The quantitative estimate of drug-likeness (QED) is 0.620. The predicted octanol–water partition coefficient (Wildman–Crippen LogP) is 3.27. The second-order valence-electron chi connectivity index (χ2n) is 5.32. The van der Waals surface area contributed by atoms with Crippen molar-refractivity contribution >= 4 is 5.97 Å².